The molecular formula is C13H17FN4O3. The van der Waals surface area contributed by atoms with Gasteiger partial charge in [0.05, 0.1) is 16.7 Å². The van der Waals surface area contributed by atoms with E-state index in [9.17, 15) is 19.3 Å². The maximum atomic E-state index is 13.9. The molecule has 0 unspecified atom stereocenters. The van der Waals surface area contributed by atoms with Crippen molar-refractivity contribution in [2.24, 2.45) is 0 Å². The molecule has 0 radical (unpaired) electrons. The summed E-state index contributed by atoms with van der Waals surface area (Å²) in [5, 5.41) is 13.3. The number of piperazine rings is 1. The fraction of sp³-hybridized carbons (Fsp3) is 0.462. The summed E-state index contributed by atoms with van der Waals surface area (Å²) in [6.07, 6.45) is 0. The van der Waals surface area contributed by atoms with Crippen LogP contribution in [0.25, 0.3) is 0 Å². The maximum absolute atomic E-state index is 13.9. The Labute approximate surface area is 121 Å². The normalized spacial score (nSPS) is 15.0. The molecule has 0 aliphatic carbocycles. The number of nitrogens with zero attached hydrogens (tertiary/aromatic N) is 3. The molecule has 0 saturated carbocycles. The van der Waals surface area contributed by atoms with Crippen molar-refractivity contribution < 1.29 is 14.1 Å². The van der Waals surface area contributed by atoms with E-state index in [2.05, 4.69) is 5.32 Å². The molecule has 7 nitrogen and oxygen atoms in total. The molecule has 0 spiro atoms. The summed E-state index contributed by atoms with van der Waals surface area (Å²) < 4.78 is 13.9. The zero-order chi connectivity index (χ0) is 15.4. The second-order valence-corrected chi connectivity index (χ2v) is 4.70. The molecule has 1 aromatic rings. The fourth-order valence-corrected chi connectivity index (χ4v) is 2.28. The summed E-state index contributed by atoms with van der Waals surface area (Å²) in [5.74, 6) is -0.615. The predicted octanol–water partition coefficient (Wildman–Crippen LogP) is 1.59. The Morgan fingerprint density at radius 1 is 1.38 bits per heavy atom. The van der Waals surface area contributed by atoms with Crippen molar-refractivity contribution >= 4 is 17.4 Å². The Balaban J connectivity index is 2.02. The minimum atomic E-state index is -0.625. The average Bonchev–Trinajstić information content (AvgIpc) is 2.47. The highest BCUT2D eigenvalue weighted by atomic mass is 19.1. The topological polar surface area (TPSA) is 78.7 Å². The van der Waals surface area contributed by atoms with E-state index >= 15 is 0 Å². The van der Waals surface area contributed by atoms with E-state index in [1.165, 1.54) is 12.1 Å². The second kappa shape index (κ2) is 6.38. The van der Waals surface area contributed by atoms with Crippen molar-refractivity contribution in [1.29, 1.82) is 0 Å². The quantitative estimate of drug-likeness (QED) is 0.678. The summed E-state index contributed by atoms with van der Waals surface area (Å²) >= 11 is 0. The van der Waals surface area contributed by atoms with Crippen LogP contribution in [-0.2, 0) is 0 Å². The third-order valence-electron chi connectivity index (χ3n) is 3.38. The summed E-state index contributed by atoms with van der Waals surface area (Å²) in [4.78, 5) is 25.1. The van der Waals surface area contributed by atoms with Crippen LogP contribution in [-0.4, -0.2) is 48.6 Å². The minimum absolute atomic E-state index is 0.124. The van der Waals surface area contributed by atoms with Gasteiger partial charge in [0.25, 0.3) is 5.69 Å². The minimum Gasteiger partial charge on any atom is -0.366 e. The number of halogens is 1. The Morgan fingerprint density at radius 2 is 2.05 bits per heavy atom. The number of anilines is 1. The van der Waals surface area contributed by atoms with Crippen LogP contribution < -0.4 is 10.2 Å². The number of amides is 2. The van der Waals surface area contributed by atoms with Gasteiger partial charge in [0.1, 0.15) is 0 Å². The Hall–Kier alpha value is -2.38. The van der Waals surface area contributed by atoms with Gasteiger partial charge in [-0.2, -0.15) is 0 Å². The molecule has 114 valence electrons. The standard InChI is InChI=1S/C13H17FN4O3/c1-2-15-13(19)17-7-5-16(6-8-17)12-4-3-10(18(20)21)9-11(12)14/h3-4,9H,2,5-8H2,1H3,(H,15,19). The number of nitro groups is 1. The van der Waals surface area contributed by atoms with Gasteiger partial charge < -0.3 is 15.1 Å². The number of carbonyl (C=O) groups excluding carboxylic acids is 1. The van der Waals surface area contributed by atoms with Crippen LogP contribution in [0.3, 0.4) is 0 Å². The van der Waals surface area contributed by atoms with Gasteiger partial charge in [-0.3, -0.25) is 10.1 Å². The fourth-order valence-electron chi connectivity index (χ4n) is 2.28. The zero-order valence-corrected chi connectivity index (χ0v) is 11.7. The zero-order valence-electron chi connectivity index (χ0n) is 11.7. The first-order chi connectivity index (χ1) is 10.0. The number of hydrogen-bond acceptors (Lipinski definition) is 4. The number of rotatable bonds is 3. The van der Waals surface area contributed by atoms with Gasteiger partial charge in [0.15, 0.2) is 5.82 Å². The number of carbonyl (C=O) groups is 1. The largest absolute Gasteiger partial charge is 0.366 e. The van der Waals surface area contributed by atoms with Crippen molar-refractivity contribution in [2.45, 2.75) is 6.92 Å². The maximum Gasteiger partial charge on any atom is 0.317 e. The molecule has 8 heteroatoms. The number of nitro benzene ring substituents is 1. The molecule has 1 saturated heterocycles. The highest BCUT2D eigenvalue weighted by molar-refractivity contribution is 5.74. The molecule has 1 aromatic carbocycles. The van der Waals surface area contributed by atoms with Gasteiger partial charge in [-0.1, -0.05) is 0 Å². The molecule has 0 aromatic heterocycles. The third kappa shape index (κ3) is 3.39. The first kappa shape index (κ1) is 15.0. The van der Waals surface area contributed by atoms with Crippen LogP contribution in [0, 0.1) is 15.9 Å². The Kier molecular flexibility index (Phi) is 4.56. The number of non-ortho nitro benzene ring substituents is 1. The van der Waals surface area contributed by atoms with Crippen LogP contribution in [0.4, 0.5) is 20.6 Å². The summed E-state index contributed by atoms with van der Waals surface area (Å²) in [7, 11) is 0. The first-order valence-electron chi connectivity index (χ1n) is 6.74. The average molecular weight is 296 g/mol. The molecule has 21 heavy (non-hydrogen) atoms. The molecule has 1 heterocycles. The first-order valence-corrected chi connectivity index (χ1v) is 6.74. The van der Waals surface area contributed by atoms with E-state index in [0.29, 0.717) is 38.4 Å². The molecule has 1 aliphatic heterocycles. The lowest BCUT2D eigenvalue weighted by Gasteiger charge is -2.36. The van der Waals surface area contributed by atoms with Crippen LogP contribution in [0.1, 0.15) is 6.92 Å². The van der Waals surface area contributed by atoms with Gasteiger partial charge in [-0.25, -0.2) is 9.18 Å². The Morgan fingerprint density at radius 3 is 2.57 bits per heavy atom. The molecule has 2 amide bonds. The Bertz CT molecular complexity index is 544. The van der Waals surface area contributed by atoms with Crippen LogP contribution >= 0.6 is 0 Å². The van der Waals surface area contributed by atoms with Gasteiger partial charge in [0, 0.05) is 38.8 Å². The number of urea groups is 1. The van der Waals surface area contributed by atoms with Crippen LogP contribution in [0.5, 0.6) is 0 Å². The molecule has 1 aliphatic rings. The van der Waals surface area contributed by atoms with E-state index in [-0.39, 0.29) is 11.7 Å². The van der Waals surface area contributed by atoms with Gasteiger partial charge >= 0.3 is 6.03 Å². The number of hydrogen-bond donors (Lipinski definition) is 1. The lowest BCUT2D eigenvalue weighted by atomic mass is 10.2. The summed E-state index contributed by atoms with van der Waals surface area (Å²) in [5.41, 5.74) is 0.0633. The van der Waals surface area contributed by atoms with Crippen molar-refractivity contribution in [2.75, 3.05) is 37.6 Å². The van der Waals surface area contributed by atoms with Crippen LogP contribution in [0.2, 0.25) is 0 Å². The molecule has 1 fully saturated rings. The number of nitrogens with one attached hydrogen (secondary N) is 1. The van der Waals surface area contributed by atoms with E-state index in [1.54, 1.807) is 9.80 Å². The summed E-state index contributed by atoms with van der Waals surface area (Å²) in [6.45, 7) is 4.37. The highest BCUT2D eigenvalue weighted by Crippen LogP contribution is 2.24. The van der Waals surface area contributed by atoms with Crippen molar-refractivity contribution in [1.82, 2.24) is 10.2 Å². The lowest BCUT2D eigenvalue weighted by molar-refractivity contribution is -0.385. The van der Waals surface area contributed by atoms with Gasteiger partial charge in [-0.15, -0.1) is 0 Å². The van der Waals surface area contributed by atoms with E-state index < -0.39 is 10.7 Å². The van der Waals surface area contributed by atoms with Crippen LogP contribution in [0.15, 0.2) is 18.2 Å². The van der Waals surface area contributed by atoms with Gasteiger partial charge in [0.2, 0.25) is 0 Å². The van der Waals surface area contributed by atoms with Crippen molar-refractivity contribution in [3.63, 3.8) is 0 Å². The molecule has 1 N–H and O–H groups in total. The summed E-state index contributed by atoms with van der Waals surface area (Å²) in [6, 6.07) is 3.50. The van der Waals surface area contributed by atoms with E-state index in [1.807, 2.05) is 6.92 Å². The molecular weight excluding hydrogens is 279 g/mol. The van der Waals surface area contributed by atoms with Crippen molar-refractivity contribution in [3.05, 3.63) is 34.1 Å². The van der Waals surface area contributed by atoms with Crippen molar-refractivity contribution in [3.8, 4) is 0 Å². The monoisotopic (exact) mass is 296 g/mol. The van der Waals surface area contributed by atoms with E-state index in [4.69, 9.17) is 0 Å². The SMILES string of the molecule is CCNC(=O)N1CCN(c2ccc([N+](=O)[O-])cc2F)CC1. The smallest absolute Gasteiger partial charge is 0.317 e. The molecule has 0 bridgehead atoms. The van der Waals surface area contributed by atoms with Gasteiger partial charge in [-0.05, 0) is 13.0 Å². The highest BCUT2D eigenvalue weighted by Gasteiger charge is 2.23. The van der Waals surface area contributed by atoms with E-state index in [0.717, 1.165) is 6.07 Å². The molecule has 0 atom stereocenters. The lowest BCUT2D eigenvalue weighted by Crippen LogP contribution is -2.52. The third-order valence-corrected chi connectivity index (χ3v) is 3.38. The number of benzene rings is 1. The second-order valence-electron chi connectivity index (χ2n) is 4.70. The molecule has 2 rings (SSSR count). The predicted molar refractivity (Wildman–Crippen MR) is 75.9 cm³/mol.